The Morgan fingerprint density at radius 3 is 2.06 bits per heavy atom. The summed E-state index contributed by atoms with van der Waals surface area (Å²) in [6, 6.07) is 0. The highest BCUT2D eigenvalue weighted by atomic mass is 79.9. The van der Waals surface area contributed by atoms with Crippen LogP contribution >= 0.6 is 15.9 Å². The van der Waals surface area contributed by atoms with Crippen LogP contribution in [0.3, 0.4) is 0 Å². The minimum atomic E-state index is -0.702. The number of ether oxygens (including phenoxy) is 2. The predicted molar refractivity (Wildman–Crippen MR) is 63.0 cm³/mol. The van der Waals surface area contributed by atoms with Crippen LogP contribution < -0.4 is 5.32 Å². The Kier molecular flexibility index (Phi) is 5.50. The Hall–Kier alpha value is -1.04. The molecule has 0 rings (SSSR count). The van der Waals surface area contributed by atoms with Crippen molar-refractivity contribution in [1.82, 2.24) is 5.32 Å². The maximum Gasteiger partial charge on any atom is 0.412 e. The summed E-state index contributed by atoms with van der Waals surface area (Å²) in [6.45, 7) is 6.81. The van der Waals surface area contributed by atoms with Crippen molar-refractivity contribution in [2.24, 2.45) is 0 Å². The predicted octanol–water partition coefficient (Wildman–Crippen LogP) is 2.31. The lowest BCUT2D eigenvalue weighted by molar-refractivity contribution is -0.136. The number of alkyl carbamates (subject to hydrolysis) is 1. The molecule has 0 atom stereocenters. The van der Waals surface area contributed by atoms with Crippen LogP contribution in [0.1, 0.15) is 27.7 Å². The van der Waals surface area contributed by atoms with E-state index in [0.29, 0.717) is 4.48 Å². The lowest BCUT2D eigenvalue weighted by atomic mass is 10.2. The molecule has 0 spiro atoms. The van der Waals surface area contributed by atoms with Crippen molar-refractivity contribution in [2.45, 2.75) is 33.3 Å². The average molecular weight is 294 g/mol. The zero-order valence-corrected chi connectivity index (χ0v) is 11.6. The maximum atomic E-state index is 11.4. The SMILES string of the molecule is COC(=O)C(NC(=O)OC(C)(C)C)=C(C)Br. The molecule has 0 heterocycles. The van der Waals surface area contributed by atoms with Crippen LogP contribution in [0.25, 0.3) is 0 Å². The first kappa shape index (κ1) is 15.0. The smallest absolute Gasteiger partial charge is 0.412 e. The summed E-state index contributed by atoms with van der Waals surface area (Å²) in [5.74, 6) is -0.639. The van der Waals surface area contributed by atoms with Gasteiger partial charge in [0, 0.05) is 4.48 Å². The molecule has 0 aliphatic carbocycles. The van der Waals surface area contributed by atoms with Crippen molar-refractivity contribution in [1.29, 1.82) is 0 Å². The molecule has 0 aliphatic heterocycles. The topological polar surface area (TPSA) is 64.6 Å². The van der Waals surface area contributed by atoms with Crippen molar-refractivity contribution >= 4 is 28.0 Å². The van der Waals surface area contributed by atoms with Crippen molar-refractivity contribution < 1.29 is 19.1 Å². The summed E-state index contributed by atoms with van der Waals surface area (Å²) < 4.78 is 9.97. The Morgan fingerprint density at radius 2 is 1.75 bits per heavy atom. The van der Waals surface area contributed by atoms with E-state index >= 15 is 0 Å². The highest BCUT2D eigenvalue weighted by Gasteiger charge is 2.20. The molecule has 0 saturated carbocycles. The van der Waals surface area contributed by atoms with E-state index in [1.165, 1.54) is 7.11 Å². The van der Waals surface area contributed by atoms with Crippen molar-refractivity contribution in [3.63, 3.8) is 0 Å². The van der Waals surface area contributed by atoms with Crippen molar-refractivity contribution in [2.75, 3.05) is 7.11 Å². The lowest BCUT2D eigenvalue weighted by Crippen LogP contribution is -2.34. The summed E-state index contributed by atoms with van der Waals surface area (Å²) >= 11 is 3.10. The summed E-state index contributed by atoms with van der Waals surface area (Å²) in [4.78, 5) is 22.7. The normalized spacial score (nSPS) is 12.6. The number of carbonyl (C=O) groups is 2. The second-order valence-corrected chi connectivity index (χ2v) is 5.22. The zero-order valence-electron chi connectivity index (χ0n) is 10.0. The number of nitrogens with one attached hydrogen (secondary N) is 1. The van der Waals surface area contributed by atoms with Gasteiger partial charge in [-0.1, -0.05) is 15.9 Å². The van der Waals surface area contributed by atoms with Crippen molar-refractivity contribution in [3.05, 3.63) is 10.2 Å². The Morgan fingerprint density at radius 1 is 1.25 bits per heavy atom. The average Bonchev–Trinajstić information content (AvgIpc) is 2.09. The van der Waals surface area contributed by atoms with Gasteiger partial charge >= 0.3 is 12.1 Å². The molecule has 0 aliphatic rings. The number of methoxy groups -OCH3 is 1. The van der Waals surface area contributed by atoms with E-state index in [9.17, 15) is 9.59 Å². The molecule has 16 heavy (non-hydrogen) atoms. The first-order chi connectivity index (χ1) is 7.17. The molecule has 1 amide bonds. The summed E-state index contributed by atoms with van der Waals surface area (Å²) in [5, 5.41) is 2.32. The first-order valence-electron chi connectivity index (χ1n) is 4.62. The largest absolute Gasteiger partial charge is 0.464 e. The monoisotopic (exact) mass is 293 g/mol. The van der Waals surface area contributed by atoms with Gasteiger partial charge in [0.2, 0.25) is 0 Å². The number of hydrogen-bond donors (Lipinski definition) is 1. The fourth-order valence-electron chi connectivity index (χ4n) is 0.786. The molecule has 0 aromatic rings. The molecule has 92 valence electrons. The summed E-state index contributed by atoms with van der Waals surface area (Å²) in [7, 11) is 1.23. The quantitative estimate of drug-likeness (QED) is 0.627. The molecule has 0 aromatic carbocycles. The highest BCUT2D eigenvalue weighted by molar-refractivity contribution is 9.11. The van der Waals surface area contributed by atoms with Crippen LogP contribution in [0.15, 0.2) is 10.2 Å². The molecule has 1 N–H and O–H groups in total. The summed E-state index contributed by atoms with van der Waals surface area (Å²) in [6.07, 6.45) is -0.702. The third-order valence-corrected chi connectivity index (χ3v) is 1.76. The van der Waals surface area contributed by atoms with Gasteiger partial charge in [-0.15, -0.1) is 0 Å². The molecule has 0 fully saturated rings. The van der Waals surface area contributed by atoms with E-state index in [0.717, 1.165) is 0 Å². The molecule has 5 nitrogen and oxygen atoms in total. The van der Waals surface area contributed by atoms with E-state index in [1.54, 1.807) is 27.7 Å². The Labute approximate surface area is 103 Å². The zero-order chi connectivity index (χ0) is 12.9. The highest BCUT2D eigenvalue weighted by Crippen LogP contribution is 2.12. The van der Waals surface area contributed by atoms with E-state index < -0.39 is 17.7 Å². The summed E-state index contributed by atoms with van der Waals surface area (Å²) in [5.41, 5.74) is -0.595. The first-order valence-corrected chi connectivity index (χ1v) is 5.41. The van der Waals surface area contributed by atoms with Crippen LogP contribution in [-0.2, 0) is 14.3 Å². The Balaban J connectivity index is 4.63. The van der Waals surface area contributed by atoms with Crippen LogP contribution in [0, 0.1) is 0 Å². The minimum Gasteiger partial charge on any atom is -0.464 e. The van der Waals surface area contributed by atoms with Crippen LogP contribution in [0.5, 0.6) is 0 Å². The minimum absolute atomic E-state index is 0.0248. The van der Waals surface area contributed by atoms with E-state index in [4.69, 9.17) is 4.74 Å². The van der Waals surface area contributed by atoms with E-state index in [1.807, 2.05) is 0 Å². The van der Waals surface area contributed by atoms with Gasteiger partial charge in [0.15, 0.2) is 0 Å². The molecule has 0 saturated heterocycles. The fraction of sp³-hybridized carbons (Fsp3) is 0.600. The number of hydrogen-bond acceptors (Lipinski definition) is 4. The van der Waals surface area contributed by atoms with Gasteiger partial charge in [-0.25, -0.2) is 9.59 Å². The lowest BCUT2D eigenvalue weighted by Gasteiger charge is -2.20. The van der Waals surface area contributed by atoms with Crippen LogP contribution in [0.4, 0.5) is 4.79 Å². The number of amides is 1. The second kappa shape index (κ2) is 5.89. The van der Waals surface area contributed by atoms with Gasteiger partial charge < -0.3 is 9.47 Å². The van der Waals surface area contributed by atoms with Gasteiger partial charge in [0.05, 0.1) is 7.11 Å². The number of allylic oxidation sites excluding steroid dienone is 1. The molecule has 0 radical (unpaired) electrons. The van der Waals surface area contributed by atoms with Crippen LogP contribution in [-0.4, -0.2) is 24.8 Å². The van der Waals surface area contributed by atoms with E-state index in [2.05, 4.69) is 26.0 Å². The van der Waals surface area contributed by atoms with Gasteiger partial charge in [-0.05, 0) is 27.7 Å². The molecular formula is C10H16BrNO4. The van der Waals surface area contributed by atoms with Gasteiger partial charge in [0.25, 0.3) is 0 Å². The van der Waals surface area contributed by atoms with Gasteiger partial charge in [-0.3, -0.25) is 5.32 Å². The van der Waals surface area contributed by atoms with Crippen LogP contribution in [0.2, 0.25) is 0 Å². The third kappa shape index (κ3) is 5.75. The molecule has 0 bridgehead atoms. The molecule has 6 heteroatoms. The standard InChI is InChI=1S/C10H16BrNO4/c1-6(11)7(8(13)15-5)12-9(14)16-10(2,3)4/h1-5H3,(H,12,14). The van der Waals surface area contributed by atoms with Crippen molar-refractivity contribution in [3.8, 4) is 0 Å². The molecule has 0 unspecified atom stereocenters. The molecule has 0 aromatic heterocycles. The van der Waals surface area contributed by atoms with Gasteiger partial charge in [-0.2, -0.15) is 0 Å². The number of rotatable bonds is 2. The fourth-order valence-corrected chi connectivity index (χ4v) is 1.05. The number of halogens is 1. The third-order valence-electron chi connectivity index (χ3n) is 1.36. The van der Waals surface area contributed by atoms with Gasteiger partial charge in [0.1, 0.15) is 11.3 Å². The number of esters is 1. The maximum absolute atomic E-state index is 11.4. The number of carbonyl (C=O) groups excluding carboxylic acids is 2. The Bertz CT molecular complexity index is 313. The second-order valence-electron chi connectivity index (χ2n) is 4.03. The van der Waals surface area contributed by atoms with E-state index in [-0.39, 0.29) is 5.70 Å². The molecular weight excluding hydrogens is 278 g/mol.